The topological polar surface area (TPSA) is 194 Å². The molecule has 0 bridgehead atoms. The number of nitrogens with zero attached hydrogens (tertiary/aromatic N) is 4. The molecule has 0 fully saturated rings. The van der Waals surface area contributed by atoms with Gasteiger partial charge in [-0.2, -0.15) is 0 Å². The Hall–Kier alpha value is -4.87. The van der Waals surface area contributed by atoms with Crippen LogP contribution in [0.25, 0.3) is 44.4 Å². The van der Waals surface area contributed by atoms with E-state index in [1.54, 1.807) is 23.8 Å². The maximum absolute atomic E-state index is 13.7. The van der Waals surface area contributed by atoms with Gasteiger partial charge in [0, 0.05) is 53.7 Å². The van der Waals surface area contributed by atoms with E-state index < -0.39 is 5.82 Å². The van der Waals surface area contributed by atoms with Gasteiger partial charge in [0.25, 0.3) is 0 Å². The minimum absolute atomic E-state index is 0.000000000000000222. The molecule has 44 heavy (non-hydrogen) atoms. The summed E-state index contributed by atoms with van der Waals surface area (Å²) in [7, 11) is 0. The van der Waals surface area contributed by atoms with Gasteiger partial charge in [0.1, 0.15) is 34.4 Å². The molecule has 7 aromatic rings. The number of aromatic nitrogens is 7. The summed E-state index contributed by atoms with van der Waals surface area (Å²) in [5.74, 6) is -1.14. The van der Waals surface area contributed by atoms with Gasteiger partial charge in [-0.15, -0.1) is 11.3 Å². The number of pyridine rings is 3. The van der Waals surface area contributed by atoms with E-state index in [0.717, 1.165) is 0 Å². The first-order chi connectivity index (χ1) is 21.1. The van der Waals surface area contributed by atoms with Crippen molar-refractivity contribution in [1.29, 1.82) is 0 Å². The summed E-state index contributed by atoms with van der Waals surface area (Å²) in [5.41, 5.74) is 18.0. The lowest BCUT2D eigenvalue weighted by Gasteiger charge is -1.95. The quantitative estimate of drug-likeness (QED) is 0.0774. The van der Waals surface area contributed by atoms with E-state index in [1.165, 1.54) is 54.3 Å². The van der Waals surface area contributed by atoms with E-state index >= 15 is 0 Å². The van der Waals surface area contributed by atoms with Gasteiger partial charge in [0.05, 0.1) is 27.2 Å². The number of H-pyrrole nitrogens is 3. The van der Waals surface area contributed by atoms with Crippen LogP contribution in [0.4, 0.5) is 18.3 Å². The van der Waals surface area contributed by atoms with Crippen molar-refractivity contribution in [3.05, 3.63) is 89.8 Å². The fourth-order valence-corrected chi connectivity index (χ4v) is 4.73. The zero-order valence-corrected chi connectivity index (χ0v) is 25.5. The number of fused-ring (bicyclic) bond motifs is 3. The standard InChI is InChI=1S/C10H7FN4S.C9H6BrFN2O.C7H5FN2.CH4N2S/c11-6-1-2-13-9-8(6)5(3-14-9)7-4-16-10(12)15-7;10-3-7(14)5-4-13-9-8(5)6(11)1-2-12-9;8-6-2-4-10-7-5(6)1-3-9-7;2-1(3)4/h1-4H,(H2,12,15)(H,13,14);1-2,4H,3H2,(H,12,13);1-4H,(H,9,10);(H4,2,3,4). The van der Waals surface area contributed by atoms with Crippen LogP contribution >= 0.6 is 39.5 Å². The Bertz CT molecular complexity index is 2050. The Morgan fingerprint density at radius 2 is 1.43 bits per heavy atom. The second kappa shape index (κ2) is 14.5. The van der Waals surface area contributed by atoms with Crippen molar-refractivity contribution in [1.82, 2.24) is 34.9 Å². The first-order valence-electron chi connectivity index (χ1n) is 12.3. The lowest BCUT2D eigenvalue weighted by molar-refractivity contribution is 0.102. The van der Waals surface area contributed by atoms with Crippen molar-refractivity contribution >= 4 is 88.6 Å². The number of anilines is 1. The minimum Gasteiger partial charge on any atom is -0.377 e. The molecular weight excluding hydrogens is 681 g/mol. The lowest BCUT2D eigenvalue weighted by Crippen LogP contribution is -2.18. The Labute approximate surface area is 264 Å². The third-order valence-electron chi connectivity index (χ3n) is 5.67. The van der Waals surface area contributed by atoms with Crippen LogP contribution < -0.4 is 17.2 Å². The maximum atomic E-state index is 13.7. The molecule has 0 saturated heterocycles. The van der Waals surface area contributed by atoms with Gasteiger partial charge in [-0.1, -0.05) is 15.9 Å². The molecule has 9 N–H and O–H groups in total. The van der Waals surface area contributed by atoms with Crippen LogP contribution in [0.5, 0.6) is 0 Å². The molecule has 0 aliphatic heterocycles. The number of halogens is 4. The first-order valence-corrected chi connectivity index (χ1v) is 14.7. The summed E-state index contributed by atoms with van der Waals surface area (Å²) in [6.45, 7) is 0. The number of nitrogens with one attached hydrogen (secondary N) is 3. The molecule has 0 unspecified atom stereocenters. The molecule has 7 aromatic heterocycles. The van der Waals surface area contributed by atoms with Crippen molar-refractivity contribution in [2.45, 2.75) is 0 Å². The Balaban J connectivity index is 0.000000145. The second-order valence-electron chi connectivity index (χ2n) is 8.50. The van der Waals surface area contributed by atoms with Crippen LogP contribution in [-0.2, 0) is 0 Å². The normalized spacial score (nSPS) is 10.4. The highest BCUT2D eigenvalue weighted by molar-refractivity contribution is 9.09. The maximum Gasteiger partial charge on any atom is 0.180 e. The number of rotatable bonds is 3. The van der Waals surface area contributed by atoms with Crippen molar-refractivity contribution in [2.75, 3.05) is 11.1 Å². The summed E-state index contributed by atoms with van der Waals surface area (Å²) in [6.07, 6.45) is 9.05. The molecular formula is C27H22BrF3N10OS2. The Morgan fingerprint density at radius 1 is 0.864 bits per heavy atom. The molecule has 0 atom stereocenters. The zero-order valence-electron chi connectivity index (χ0n) is 22.3. The van der Waals surface area contributed by atoms with Crippen molar-refractivity contribution in [3.63, 3.8) is 0 Å². The van der Waals surface area contributed by atoms with E-state index in [-0.39, 0.29) is 33.2 Å². The summed E-state index contributed by atoms with van der Waals surface area (Å²) in [6, 6.07) is 5.57. The van der Waals surface area contributed by atoms with E-state index in [2.05, 4.69) is 74.5 Å². The Morgan fingerprint density at radius 3 is 2.02 bits per heavy atom. The van der Waals surface area contributed by atoms with Gasteiger partial charge < -0.3 is 32.2 Å². The fourth-order valence-electron chi connectivity index (χ4n) is 3.87. The van der Waals surface area contributed by atoms with Crippen LogP contribution in [0.3, 0.4) is 0 Å². The predicted octanol–water partition coefficient (Wildman–Crippen LogP) is 5.58. The number of hydrogen-bond donors (Lipinski definition) is 6. The number of nitrogens with two attached hydrogens (primary N) is 3. The average molecular weight is 704 g/mol. The van der Waals surface area contributed by atoms with Crippen molar-refractivity contribution in [3.8, 4) is 11.3 Å². The van der Waals surface area contributed by atoms with Crippen LogP contribution in [0.1, 0.15) is 10.4 Å². The number of nitrogen functional groups attached to an aromatic ring is 1. The van der Waals surface area contributed by atoms with Gasteiger partial charge in [-0.05, 0) is 36.5 Å². The molecule has 17 heteroatoms. The van der Waals surface area contributed by atoms with Gasteiger partial charge in [0.15, 0.2) is 16.0 Å². The summed E-state index contributed by atoms with van der Waals surface area (Å²) < 4.78 is 39.8. The SMILES string of the molecule is Fc1ccnc2[nH]ccc12.NC(N)=S.Nc1nc(-c2c[nH]c3nccc(F)c23)cs1.O=C(CBr)c1c[nH]c2nccc(F)c12. The molecule has 0 aliphatic carbocycles. The molecule has 0 amide bonds. The van der Waals surface area contributed by atoms with E-state index in [0.29, 0.717) is 49.7 Å². The number of thiazole rings is 1. The number of carbonyl (C=O) groups is 1. The van der Waals surface area contributed by atoms with Gasteiger partial charge in [-0.25, -0.2) is 33.1 Å². The Kier molecular flexibility index (Phi) is 10.6. The van der Waals surface area contributed by atoms with Gasteiger partial charge in [0.2, 0.25) is 0 Å². The summed E-state index contributed by atoms with van der Waals surface area (Å²) in [4.78, 5) is 35.8. The van der Waals surface area contributed by atoms with Gasteiger partial charge in [-0.3, -0.25) is 4.79 Å². The number of aromatic amines is 3. The molecule has 0 aliphatic rings. The fraction of sp³-hybridized carbons (Fsp3) is 0.0370. The number of hydrogen-bond acceptors (Lipinski definition) is 8. The van der Waals surface area contributed by atoms with E-state index in [1.807, 2.05) is 0 Å². The average Bonchev–Trinajstić information content (AvgIpc) is 3.79. The highest BCUT2D eigenvalue weighted by atomic mass is 79.9. The molecule has 7 heterocycles. The van der Waals surface area contributed by atoms with E-state index in [9.17, 15) is 18.0 Å². The summed E-state index contributed by atoms with van der Waals surface area (Å²) >= 11 is 8.46. The number of ketones is 1. The third kappa shape index (κ3) is 7.55. The van der Waals surface area contributed by atoms with Gasteiger partial charge >= 0.3 is 0 Å². The minimum atomic E-state index is -0.430. The molecule has 0 aromatic carbocycles. The largest absolute Gasteiger partial charge is 0.377 e. The lowest BCUT2D eigenvalue weighted by atomic mass is 10.1. The molecule has 11 nitrogen and oxygen atoms in total. The molecule has 0 radical (unpaired) electrons. The molecule has 0 saturated carbocycles. The zero-order chi connectivity index (χ0) is 31.8. The highest BCUT2D eigenvalue weighted by Crippen LogP contribution is 2.30. The predicted molar refractivity (Wildman–Crippen MR) is 173 cm³/mol. The summed E-state index contributed by atoms with van der Waals surface area (Å²) in [5, 5.41) is 3.69. The number of alkyl halides is 1. The highest BCUT2D eigenvalue weighted by Gasteiger charge is 2.15. The van der Waals surface area contributed by atoms with E-state index in [4.69, 9.17) is 5.73 Å². The third-order valence-corrected chi connectivity index (χ3v) is 6.86. The number of thiocarbonyl (C=S) groups is 1. The van der Waals surface area contributed by atoms with Crippen molar-refractivity contribution in [2.24, 2.45) is 11.5 Å². The number of carbonyl (C=O) groups excluding carboxylic acids is 1. The van der Waals surface area contributed by atoms with Crippen LogP contribution in [0.15, 0.2) is 66.8 Å². The van der Waals surface area contributed by atoms with Crippen molar-refractivity contribution < 1.29 is 18.0 Å². The number of Topliss-reactive ketones (excluding diaryl/α,β-unsaturated/α-hetero) is 1. The van der Waals surface area contributed by atoms with Crippen LogP contribution in [0, 0.1) is 17.5 Å². The molecule has 0 spiro atoms. The van der Waals surface area contributed by atoms with Crippen LogP contribution in [-0.4, -0.2) is 51.1 Å². The molecule has 226 valence electrons. The smallest absolute Gasteiger partial charge is 0.180 e. The monoisotopic (exact) mass is 702 g/mol. The molecule has 7 rings (SSSR count). The second-order valence-corrected chi connectivity index (χ2v) is 10.4. The first kappa shape index (κ1) is 32.1. The van der Waals surface area contributed by atoms with Crippen LogP contribution in [0.2, 0.25) is 0 Å².